The van der Waals surface area contributed by atoms with E-state index in [2.05, 4.69) is 0 Å². The lowest BCUT2D eigenvalue weighted by Gasteiger charge is -2.16. The SMILES string of the molecule is CCOC(=O)C1(Cl)Cc2cc(OC)ccc2C1=O. The minimum absolute atomic E-state index is 0.138. The molecule has 0 bridgehead atoms. The summed E-state index contributed by atoms with van der Waals surface area (Å²) in [7, 11) is 1.54. The van der Waals surface area contributed by atoms with Gasteiger partial charge < -0.3 is 9.47 Å². The van der Waals surface area contributed by atoms with Crippen LogP contribution in [-0.4, -0.2) is 30.3 Å². The van der Waals surface area contributed by atoms with E-state index in [1.54, 1.807) is 25.1 Å². The van der Waals surface area contributed by atoms with E-state index in [1.165, 1.54) is 7.11 Å². The number of methoxy groups -OCH3 is 1. The first kappa shape index (κ1) is 12.9. The van der Waals surface area contributed by atoms with Crippen molar-refractivity contribution in [1.29, 1.82) is 0 Å². The quantitative estimate of drug-likeness (QED) is 0.478. The topological polar surface area (TPSA) is 52.6 Å². The zero-order chi connectivity index (χ0) is 13.3. The number of fused-ring (bicyclic) bond motifs is 1. The average Bonchev–Trinajstić information content (AvgIpc) is 2.62. The molecule has 4 nitrogen and oxygen atoms in total. The molecular weight excluding hydrogens is 256 g/mol. The van der Waals surface area contributed by atoms with E-state index in [0.29, 0.717) is 16.9 Å². The second kappa shape index (κ2) is 4.61. The largest absolute Gasteiger partial charge is 0.497 e. The van der Waals surface area contributed by atoms with E-state index in [9.17, 15) is 9.59 Å². The van der Waals surface area contributed by atoms with Crippen molar-refractivity contribution in [1.82, 2.24) is 0 Å². The molecule has 0 aromatic heterocycles. The molecule has 0 heterocycles. The van der Waals surface area contributed by atoms with Gasteiger partial charge in [-0.1, -0.05) is 11.6 Å². The Labute approximate surface area is 110 Å². The molecule has 18 heavy (non-hydrogen) atoms. The molecule has 1 aromatic rings. The van der Waals surface area contributed by atoms with Crippen LogP contribution in [0.3, 0.4) is 0 Å². The number of hydrogen-bond donors (Lipinski definition) is 0. The molecule has 0 aliphatic heterocycles. The van der Waals surface area contributed by atoms with Crippen LogP contribution in [0, 0.1) is 0 Å². The number of halogens is 1. The van der Waals surface area contributed by atoms with Crippen molar-refractivity contribution in [2.24, 2.45) is 0 Å². The van der Waals surface area contributed by atoms with Crippen molar-refractivity contribution in [2.45, 2.75) is 18.2 Å². The standard InChI is InChI=1S/C13H13ClO4/c1-3-18-12(16)13(14)7-8-6-9(17-2)4-5-10(8)11(13)15/h4-6H,3,7H2,1-2H3. The van der Waals surface area contributed by atoms with Gasteiger partial charge in [-0.3, -0.25) is 4.79 Å². The maximum absolute atomic E-state index is 12.2. The highest BCUT2D eigenvalue weighted by molar-refractivity contribution is 6.49. The molecule has 1 aliphatic rings. The van der Waals surface area contributed by atoms with Crippen LogP contribution in [0.1, 0.15) is 22.8 Å². The second-order valence-electron chi connectivity index (χ2n) is 4.05. The lowest BCUT2D eigenvalue weighted by Crippen LogP contribution is -2.40. The third-order valence-electron chi connectivity index (χ3n) is 2.95. The van der Waals surface area contributed by atoms with E-state index in [-0.39, 0.29) is 13.0 Å². The minimum Gasteiger partial charge on any atom is -0.497 e. The van der Waals surface area contributed by atoms with E-state index >= 15 is 0 Å². The minimum atomic E-state index is -1.62. The molecule has 2 rings (SSSR count). The first-order valence-electron chi connectivity index (χ1n) is 5.60. The Balaban J connectivity index is 2.37. The van der Waals surface area contributed by atoms with Crippen LogP contribution in [0.4, 0.5) is 0 Å². The maximum atomic E-state index is 12.2. The van der Waals surface area contributed by atoms with Crippen LogP contribution in [0.15, 0.2) is 18.2 Å². The summed E-state index contributed by atoms with van der Waals surface area (Å²) >= 11 is 6.15. The van der Waals surface area contributed by atoms with Crippen molar-refractivity contribution >= 4 is 23.4 Å². The Morgan fingerprint density at radius 3 is 2.83 bits per heavy atom. The molecule has 1 unspecified atom stereocenters. The molecule has 1 atom stereocenters. The van der Waals surface area contributed by atoms with Crippen LogP contribution < -0.4 is 4.74 Å². The summed E-state index contributed by atoms with van der Waals surface area (Å²) in [6, 6.07) is 5.01. The highest BCUT2D eigenvalue weighted by atomic mass is 35.5. The molecule has 0 saturated heterocycles. The van der Waals surface area contributed by atoms with Gasteiger partial charge in [-0.05, 0) is 30.7 Å². The number of ketones is 1. The van der Waals surface area contributed by atoms with Gasteiger partial charge >= 0.3 is 5.97 Å². The highest BCUT2D eigenvalue weighted by Gasteiger charge is 2.51. The maximum Gasteiger partial charge on any atom is 0.335 e. The number of carbonyl (C=O) groups is 2. The summed E-state index contributed by atoms with van der Waals surface area (Å²) in [6.45, 7) is 1.87. The van der Waals surface area contributed by atoms with Gasteiger partial charge in [0.2, 0.25) is 4.87 Å². The van der Waals surface area contributed by atoms with Gasteiger partial charge in [0.1, 0.15) is 5.75 Å². The highest BCUT2D eigenvalue weighted by Crippen LogP contribution is 2.37. The van der Waals surface area contributed by atoms with Crippen molar-refractivity contribution in [3.63, 3.8) is 0 Å². The molecule has 0 radical (unpaired) electrons. The van der Waals surface area contributed by atoms with E-state index in [4.69, 9.17) is 21.1 Å². The van der Waals surface area contributed by atoms with Crippen LogP contribution >= 0.6 is 11.6 Å². The average molecular weight is 269 g/mol. The summed E-state index contributed by atoms with van der Waals surface area (Å²) in [6.07, 6.45) is 0.138. The Hall–Kier alpha value is -1.55. The summed E-state index contributed by atoms with van der Waals surface area (Å²) in [4.78, 5) is 22.3. The van der Waals surface area contributed by atoms with E-state index < -0.39 is 16.6 Å². The summed E-state index contributed by atoms with van der Waals surface area (Å²) < 4.78 is 9.94. The van der Waals surface area contributed by atoms with Gasteiger partial charge in [0.15, 0.2) is 5.78 Å². The molecule has 0 spiro atoms. The lowest BCUT2D eigenvalue weighted by molar-refractivity contribution is -0.144. The molecule has 5 heteroatoms. The molecule has 0 N–H and O–H groups in total. The van der Waals surface area contributed by atoms with E-state index in [0.717, 1.165) is 0 Å². The van der Waals surface area contributed by atoms with Gasteiger partial charge in [0.05, 0.1) is 13.7 Å². The van der Waals surface area contributed by atoms with Gasteiger partial charge in [0, 0.05) is 12.0 Å². The first-order valence-corrected chi connectivity index (χ1v) is 5.98. The molecule has 1 aliphatic carbocycles. The zero-order valence-electron chi connectivity index (χ0n) is 10.2. The number of carbonyl (C=O) groups excluding carboxylic acids is 2. The third kappa shape index (κ3) is 1.86. The Kier molecular flexibility index (Phi) is 3.30. The van der Waals surface area contributed by atoms with Crippen LogP contribution in [-0.2, 0) is 16.0 Å². The smallest absolute Gasteiger partial charge is 0.335 e. The number of hydrogen-bond acceptors (Lipinski definition) is 4. The van der Waals surface area contributed by atoms with Crippen molar-refractivity contribution in [2.75, 3.05) is 13.7 Å². The molecule has 0 amide bonds. The number of Topliss-reactive ketones (excluding diaryl/α,β-unsaturated/α-hetero) is 1. The summed E-state index contributed by atoms with van der Waals surface area (Å²) in [5.41, 5.74) is 1.17. The number of rotatable bonds is 3. The molecule has 1 aromatic carbocycles. The van der Waals surface area contributed by atoms with Gasteiger partial charge in [-0.2, -0.15) is 0 Å². The summed E-state index contributed by atoms with van der Waals surface area (Å²) in [5, 5.41) is 0. The predicted molar refractivity (Wildman–Crippen MR) is 66.2 cm³/mol. The second-order valence-corrected chi connectivity index (χ2v) is 4.70. The number of alkyl halides is 1. The number of ether oxygens (including phenoxy) is 2. The Morgan fingerprint density at radius 1 is 1.50 bits per heavy atom. The van der Waals surface area contributed by atoms with Gasteiger partial charge in [0.25, 0.3) is 0 Å². The fourth-order valence-electron chi connectivity index (χ4n) is 2.03. The predicted octanol–water partition coefficient (Wildman–Crippen LogP) is 1.97. The normalized spacial score (nSPS) is 21.6. The molecule has 0 saturated carbocycles. The Morgan fingerprint density at radius 2 is 2.22 bits per heavy atom. The monoisotopic (exact) mass is 268 g/mol. The third-order valence-corrected chi connectivity index (χ3v) is 3.41. The van der Waals surface area contributed by atoms with Crippen molar-refractivity contribution < 1.29 is 19.1 Å². The number of esters is 1. The summed E-state index contributed by atoms with van der Waals surface area (Å²) in [5.74, 6) is -0.460. The van der Waals surface area contributed by atoms with Gasteiger partial charge in [-0.25, -0.2) is 4.79 Å². The van der Waals surface area contributed by atoms with Crippen LogP contribution in [0.25, 0.3) is 0 Å². The number of benzene rings is 1. The molecular formula is C13H13ClO4. The van der Waals surface area contributed by atoms with Crippen molar-refractivity contribution in [3.05, 3.63) is 29.3 Å². The molecule has 96 valence electrons. The Bertz CT molecular complexity index is 512. The van der Waals surface area contributed by atoms with E-state index in [1.807, 2.05) is 0 Å². The zero-order valence-corrected chi connectivity index (χ0v) is 10.9. The van der Waals surface area contributed by atoms with Crippen LogP contribution in [0.5, 0.6) is 5.75 Å². The van der Waals surface area contributed by atoms with Gasteiger partial charge in [-0.15, -0.1) is 0 Å². The van der Waals surface area contributed by atoms with Crippen LogP contribution in [0.2, 0.25) is 0 Å². The molecule has 0 fully saturated rings. The van der Waals surface area contributed by atoms with Crippen molar-refractivity contribution in [3.8, 4) is 5.75 Å². The fourth-order valence-corrected chi connectivity index (χ4v) is 2.33. The lowest BCUT2D eigenvalue weighted by atomic mass is 10.0. The fraction of sp³-hybridized carbons (Fsp3) is 0.385. The first-order chi connectivity index (χ1) is 8.52.